The maximum atomic E-state index is 11.3. The quantitative estimate of drug-likeness (QED) is 0.455. The molecule has 19 heavy (non-hydrogen) atoms. The molecule has 0 saturated carbocycles. The summed E-state index contributed by atoms with van der Waals surface area (Å²) in [6.07, 6.45) is 2.58. The van der Waals surface area contributed by atoms with Gasteiger partial charge in [0.05, 0.1) is 11.3 Å². The van der Waals surface area contributed by atoms with Crippen molar-refractivity contribution in [2.75, 3.05) is 6.54 Å². The van der Waals surface area contributed by atoms with Gasteiger partial charge in [-0.3, -0.25) is 19.7 Å². The second-order valence-electron chi connectivity index (χ2n) is 3.62. The average Bonchev–Trinajstić information content (AvgIpc) is 2.36. The van der Waals surface area contributed by atoms with Crippen molar-refractivity contribution in [1.29, 1.82) is 0 Å². The van der Waals surface area contributed by atoms with E-state index in [0.717, 1.165) is 0 Å². The van der Waals surface area contributed by atoms with Gasteiger partial charge >= 0.3 is 5.97 Å². The van der Waals surface area contributed by atoms with Crippen LogP contribution in [0.15, 0.2) is 30.3 Å². The minimum atomic E-state index is -0.986. The molecule has 0 aliphatic rings. The Morgan fingerprint density at radius 2 is 1.95 bits per heavy atom. The molecular weight excluding hydrogens is 252 g/mol. The lowest BCUT2D eigenvalue weighted by Crippen LogP contribution is -2.23. The van der Waals surface area contributed by atoms with Crippen LogP contribution in [0.2, 0.25) is 0 Å². The van der Waals surface area contributed by atoms with Gasteiger partial charge in [-0.2, -0.15) is 0 Å². The Kier molecular flexibility index (Phi) is 5.21. The normalized spacial score (nSPS) is 10.3. The Balaban J connectivity index is 2.49. The van der Waals surface area contributed by atoms with Crippen molar-refractivity contribution < 1.29 is 19.6 Å². The average molecular weight is 264 g/mol. The number of non-ortho nitro benzene ring substituents is 1. The number of carbonyl (C=O) groups is 2. The Labute approximate surface area is 108 Å². The zero-order valence-electron chi connectivity index (χ0n) is 9.91. The van der Waals surface area contributed by atoms with Crippen molar-refractivity contribution in [1.82, 2.24) is 5.32 Å². The van der Waals surface area contributed by atoms with Crippen LogP contribution in [0.25, 0.3) is 6.08 Å². The van der Waals surface area contributed by atoms with E-state index in [0.29, 0.717) is 5.56 Å². The fourth-order valence-electron chi connectivity index (χ4n) is 1.23. The predicted octanol–water partition coefficient (Wildman–Crippen LogP) is 1.20. The number of carbonyl (C=O) groups excluding carboxylic acids is 1. The molecule has 0 radical (unpaired) electrons. The fraction of sp³-hybridized carbons (Fsp3) is 0.167. The predicted molar refractivity (Wildman–Crippen MR) is 67.4 cm³/mol. The number of carboxylic acid groups (broad SMARTS) is 1. The number of hydrogen-bond acceptors (Lipinski definition) is 4. The number of rotatable bonds is 6. The van der Waals surface area contributed by atoms with E-state index in [1.165, 1.54) is 36.4 Å². The molecule has 1 amide bonds. The zero-order chi connectivity index (χ0) is 14.3. The second-order valence-corrected chi connectivity index (χ2v) is 3.62. The summed E-state index contributed by atoms with van der Waals surface area (Å²) in [5.41, 5.74) is 0.613. The minimum Gasteiger partial charge on any atom is -0.481 e. The van der Waals surface area contributed by atoms with Crippen LogP contribution >= 0.6 is 0 Å². The Morgan fingerprint density at radius 1 is 1.32 bits per heavy atom. The van der Waals surface area contributed by atoms with Gasteiger partial charge in [0, 0.05) is 24.8 Å². The largest absolute Gasteiger partial charge is 0.481 e. The fourth-order valence-corrected chi connectivity index (χ4v) is 1.23. The highest BCUT2D eigenvalue weighted by atomic mass is 16.6. The number of nitrogens with one attached hydrogen (secondary N) is 1. The van der Waals surface area contributed by atoms with E-state index in [2.05, 4.69) is 5.32 Å². The first-order chi connectivity index (χ1) is 8.99. The first-order valence-corrected chi connectivity index (χ1v) is 5.41. The molecule has 0 bridgehead atoms. The third-order valence-corrected chi connectivity index (χ3v) is 2.17. The molecule has 0 saturated heterocycles. The lowest BCUT2D eigenvalue weighted by atomic mass is 10.2. The molecule has 0 aliphatic heterocycles. The van der Waals surface area contributed by atoms with E-state index in [9.17, 15) is 19.7 Å². The lowest BCUT2D eigenvalue weighted by molar-refractivity contribution is -0.384. The van der Waals surface area contributed by atoms with Gasteiger partial charge in [-0.1, -0.05) is 0 Å². The van der Waals surface area contributed by atoms with Gasteiger partial charge in [0.1, 0.15) is 0 Å². The maximum Gasteiger partial charge on any atom is 0.305 e. The number of amides is 1. The topological polar surface area (TPSA) is 110 Å². The highest BCUT2D eigenvalue weighted by molar-refractivity contribution is 5.91. The van der Waals surface area contributed by atoms with Crippen molar-refractivity contribution in [3.05, 3.63) is 46.0 Å². The standard InChI is InChI=1S/C12H12N2O5/c15-11(13-8-7-12(16)17)6-3-9-1-4-10(5-2-9)14(18)19/h1-6H,7-8H2,(H,13,15)(H,16,17)/b6-3+. The molecule has 0 heterocycles. The summed E-state index contributed by atoms with van der Waals surface area (Å²) in [5.74, 6) is -1.40. The summed E-state index contributed by atoms with van der Waals surface area (Å²) >= 11 is 0. The number of carboxylic acids is 1. The third kappa shape index (κ3) is 5.44. The highest BCUT2D eigenvalue weighted by Gasteiger charge is 2.03. The molecule has 0 spiro atoms. The molecule has 2 N–H and O–H groups in total. The molecular formula is C12H12N2O5. The smallest absolute Gasteiger partial charge is 0.305 e. The Morgan fingerprint density at radius 3 is 2.47 bits per heavy atom. The van der Waals surface area contributed by atoms with Crippen molar-refractivity contribution in [3.63, 3.8) is 0 Å². The molecule has 0 unspecified atom stereocenters. The number of aliphatic carboxylic acids is 1. The van der Waals surface area contributed by atoms with Crippen molar-refractivity contribution in [3.8, 4) is 0 Å². The Hall–Kier alpha value is -2.70. The highest BCUT2D eigenvalue weighted by Crippen LogP contribution is 2.12. The molecule has 0 aliphatic carbocycles. The van der Waals surface area contributed by atoms with Gasteiger partial charge in [0.2, 0.25) is 5.91 Å². The Bertz CT molecular complexity index is 507. The lowest BCUT2D eigenvalue weighted by Gasteiger charge is -1.98. The molecule has 1 rings (SSSR count). The second kappa shape index (κ2) is 6.90. The molecule has 7 heteroatoms. The molecule has 1 aromatic carbocycles. The number of nitro benzene ring substituents is 1. The third-order valence-electron chi connectivity index (χ3n) is 2.17. The monoisotopic (exact) mass is 264 g/mol. The van der Waals surface area contributed by atoms with Gasteiger partial charge in [0.15, 0.2) is 0 Å². The minimum absolute atomic E-state index is 0.0249. The van der Waals surface area contributed by atoms with E-state index >= 15 is 0 Å². The van der Waals surface area contributed by atoms with Crippen LogP contribution in [0.3, 0.4) is 0 Å². The van der Waals surface area contributed by atoms with Gasteiger partial charge in [-0.15, -0.1) is 0 Å². The number of hydrogen-bond donors (Lipinski definition) is 2. The van der Waals surface area contributed by atoms with Gasteiger partial charge in [0.25, 0.3) is 5.69 Å². The zero-order valence-corrected chi connectivity index (χ0v) is 9.91. The van der Waals surface area contributed by atoms with Crippen LogP contribution in [-0.4, -0.2) is 28.5 Å². The van der Waals surface area contributed by atoms with Crippen molar-refractivity contribution >= 4 is 23.6 Å². The first kappa shape index (κ1) is 14.4. The molecule has 0 fully saturated rings. The summed E-state index contributed by atoms with van der Waals surface area (Å²) in [6, 6.07) is 5.70. The molecule has 7 nitrogen and oxygen atoms in total. The molecule has 0 atom stereocenters. The number of nitrogens with zero attached hydrogens (tertiary/aromatic N) is 1. The summed E-state index contributed by atoms with van der Waals surface area (Å²) in [4.78, 5) is 31.4. The first-order valence-electron chi connectivity index (χ1n) is 5.41. The summed E-state index contributed by atoms with van der Waals surface area (Å²) < 4.78 is 0. The number of benzene rings is 1. The number of nitro groups is 1. The van der Waals surface area contributed by atoms with Crippen LogP contribution in [0, 0.1) is 10.1 Å². The molecule has 1 aromatic rings. The summed E-state index contributed by atoms with van der Waals surface area (Å²) in [5, 5.41) is 21.2. The van der Waals surface area contributed by atoms with Crippen molar-refractivity contribution in [2.24, 2.45) is 0 Å². The summed E-state index contributed by atoms with van der Waals surface area (Å²) in [7, 11) is 0. The molecule has 100 valence electrons. The van der Waals surface area contributed by atoms with E-state index < -0.39 is 16.8 Å². The van der Waals surface area contributed by atoms with Gasteiger partial charge < -0.3 is 10.4 Å². The van der Waals surface area contributed by atoms with E-state index in [1.54, 1.807) is 0 Å². The van der Waals surface area contributed by atoms with Gasteiger partial charge in [-0.05, 0) is 23.8 Å². The van der Waals surface area contributed by atoms with Crippen LogP contribution in [0.5, 0.6) is 0 Å². The van der Waals surface area contributed by atoms with E-state index in [-0.39, 0.29) is 18.7 Å². The maximum absolute atomic E-state index is 11.3. The van der Waals surface area contributed by atoms with Crippen molar-refractivity contribution in [2.45, 2.75) is 6.42 Å². The van der Waals surface area contributed by atoms with Crippen LogP contribution < -0.4 is 5.32 Å². The van der Waals surface area contributed by atoms with E-state index in [1.807, 2.05) is 0 Å². The summed E-state index contributed by atoms with van der Waals surface area (Å²) in [6.45, 7) is 0.0543. The van der Waals surface area contributed by atoms with Gasteiger partial charge in [-0.25, -0.2) is 0 Å². The van der Waals surface area contributed by atoms with E-state index in [4.69, 9.17) is 5.11 Å². The molecule has 0 aromatic heterocycles. The van der Waals surface area contributed by atoms with Crippen LogP contribution in [-0.2, 0) is 9.59 Å². The van der Waals surface area contributed by atoms with Crippen LogP contribution in [0.4, 0.5) is 5.69 Å². The van der Waals surface area contributed by atoms with Crippen LogP contribution in [0.1, 0.15) is 12.0 Å². The SMILES string of the molecule is O=C(O)CCNC(=O)/C=C/c1ccc([N+](=O)[O-])cc1.